The van der Waals surface area contributed by atoms with Gasteiger partial charge in [0.05, 0.1) is 4.88 Å². The summed E-state index contributed by atoms with van der Waals surface area (Å²) in [6.45, 7) is 6.18. The largest absolute Gasteiger partial charge is 0.368 e. The molecular formula is C23H29N7O2S. The first kappa shape index (κ1) is 24.1. The lowest BCUT2D eigenvalue weighted by Crippen LogP contribution is -2.46. The van der Waals surface area contributed by atoms with Crippen molar-refractivity contribution in [2.75, 3.05) is 30.8 Å². The average molecular weight is 468 g/mol. The molecule has 3 rings (SSSR count). The second-order valence-electron chi connectivity index (χ2n) is 7.46. The van der Waals surface area contributed by atoms with Crippen molar-refractivity contribution >= 4 is 39.9 Å². The molecule has 1 aromatic carbocycles. The Kier molecular flexibility index (Phi) is 8.31. The van der Waals surface area contributed by atoms with Gasteiger partial charge in [0.25, 0.3) is 0 Å². The van der Waals surface area contributed by atoms with E-state index in [1.807, 2.05) is 43.5 Å². The Hall–Kier alpha value is -3.53. The molecule has 0 fully saturated rings. The second-order valence-corrected chi connectivity index (χ2v) is 8.49. The van der Waals surface area contributed by atoms with Crippen molar-refractivity contribution in [2.45, 2.75) is 33.2 Å². The van der Waals surface area contributed by atoms with Crippen LogP contribution in [0.1, 0.15) is 26.1 Å². The first-order valence-corrected chi connectivity index (χ1v) is 11.6. The summed E-state index contributed by atoms with van der Waals surface area (Å²) < 4.78 is 0. The van der Waals surface area contributed by atoms with Gasteiger partial charge in [0.1, 0.15) is 23.5 Å². The second kappa shape index (κ2) is 11.4. The summed E-state index contributed by atoms with van der Waals surface area (Å²) in [5.41, 5.74) is 1.12. The number of benzene rings is 1. The van der Waals surface area contributed by atoms with Crippen molar-refractivity contribution in [2.24, 2.45) is 0 Å². The van der Waals surface area contributed by atoms with Gasteiger partial charge in [-0.25, -0.2) is 15.0 Å². The van der Waals surface area contributed by atoms with E-state index in [0.717, 1.165) is 15.6 Å². The molecule has 10 heteroatoms. The summed E-state index contributed by atoms with van der Waals surface area (Å²) in [6.07, 6.45) is 2.21. The normalized spacial score (nSPS) is 11.5. The molecule has 0 aliphatic carbocycles. The van der Waals surface area contributed by atoms with E-state index >= 15 is 0 Å². The number of nitrogens with one attached hydrogen (secondary N) is 3. The maximum Gasteiger partial charge on any atom is 0.242 e. The molecule has 1 atom stereocenters. The van der Waals surface area contributed by atoms with Gasteiger partial charge in [-0.1, -0.05) is 48.6 Å². The van der Waals surface area contributed by atoms with E-state index in [2.05, 4.69) is 30.9 Å². The summed E-state index contributed by atoms with van der Waals surface area (Å²) >= 11 is 1.55. The summed E-state index contributed by atoms with van der Waals surface area (Å²) in [5.74, 6) is 1.63. The Morgan fingerprint density at radius 3 is 2.58 bits per heavy atom. The molecule has 0 radical (unpaired) electrons. The number of aromatic nitrogens is 3. The van der Waals surface area contributed by atoms with Gasteiger partial charge >= 0.3 is 0 Å². The minimum absolute atomic E-state index is 0.0663. The molecular weight excluding hydrogens is 438 g/mol. The third-order valence-electron chi connectivity index (χ3n) is 5.02. The highest BCUT2D eigenvalue weighted by Crippen LogP contribution is 2.30. The zero-order valence-corrected chi connectivity index (χ0v) is 20.1. The monoisotopic (exact) mass is 467 g/mol. The fourth-order valence-electron chi connectivity index (χ4n) is 3.06. The van der Waals surface area contributed by atoms with Gasteiger partial charge in [-0.15, -0.1) is 0 Å². The molecule has 33 heavy (non-hydrogen) atoms. The van der Waals surface area contributed by atoms with Crippen LogP contribution in [-0.4, -0.2) is 57.8 Å². The molecule has 0 saturated heterocycles. The van der Waals surface area contributed by atoms with Crippen molar-refractivity contribution < 1.29 is 9.59 Å². The van der Waals surface area contributed by atoms with Gasteiger partial charge in [-0.3, -0.25) is 9.59 Å². The molecule has 2 aromatic heterocycles. The van der Waals surface area contributed by atoms with E-state index in [1.165, 1.54) is 4.90 Å². The Balaban J connectivity index is 1.53. The van der Waals surface area contributed by atoms with Crippen LogP contribution in [0.5, 0.6) is 0 Å². The number of rotatable bonds is 10. The summed E-state index contributed by atoms with van der Waals surface area (Å²) in [6, 6.07) is 11.4. The molecule has 2 amide bonds. The summed E-state index contributed by atoms with van der Waals surface area (Å²) in [4.78, 5) is 39.8. The fourth-order valence-corrected chi connectivity index (χ4v) is 3.89. The van der Waals surface area contributed by atoms with Crippen LogP contribution in [0.15, 0.2) is 42.6 Å². The number of anilines is 3. The van der Waals surface area contributed by atoms with Crippen LogP contribution in [0.2, 0.25) is 0 Å². The van der Waals surface area contributed by atoms with Crippen molar-refractivity contribution in [3.63, 3.8) is 0 Å². The summed E-state index contributed by atoms with van der Waals surface area (Å²) in [7, 11) is 1.64. The van der Waals surface area contributed by atoms with E-state index < -0.39 is 6.04 Å². The minimum Gasteiger partial charge on any atom is -0.368 e. The number of carbonyl (C=O) groups is 2. The Bertz CT molecular complexity index is 1090. The fraction of sp³-hybridized carbons (Fsp3) is 0.348. The highest BCUT2D eigenvalue weighted by Gasteiger charge is 2.20. The molecule has 3 aromatic rings. The quantitative estimate of drug-likeness (QED) is 0.392. The predicted molar refractivity (Wildman–Crippen MR) is 132 cm³/mol. The molecule has 0 unspecified atom stereocenters. The average Bonchev–Trinajstić information content (AvgIpc) is 3.28. The van der Waals surface area contributed by atoms with Crippen LogP contribution < -0.4 is 16.0 Å². The van der Waals surface area contributed by atoms with Crippen LogP contribution in [-0.2, 0) is 9.59 Å². The lowest BCUT2D eigenvalue weighted by Gasteiger charge is -2.23. The Morgan fingerprint density at radius 1 is 1.12 bits per heavy atom. The van der Waals surface area contributed by atoms with Crippen molar-refractivity contribution in [3.8, 4) is 10.4 Å². The number of hydrogen-bond acceptors (Lipinski definition) is 8. The van der Waals surface area contributed by atoms with Crippen molar-refractivity contribution in [1.29, 1.82) is 0 Å². The van der Waals surface area contributed by atoms with Crippen molar-refractivity contribution in [3.05, 3.63) is 48.4 Å². The first-order valence-electron chi connectivity index (χ1n) is 10.8. The Morgan fingerprint density at radius 2 is 1.85 bits per heavy atom. The van der Waals surface area contributed by atoms with E-state index in [9.17, 15) is 9.59 Å². The molecule has 2 heterocycles. The highest BCUT2D eigenvalue weighted by molar-refractivity contribution is 7.18. The maximum absolute atomic E-state index is 12.3. The van der Waals surface area contributed by atoms with Gasteiger partial charge < -0.3 is 20.9 Å². The van der Waals surface area contributed by atoms with Gasteiger partial charge in [0.15, 0.2) is 5.13 Å². The van der Waals surface area contributed by atoms with E-state index in [-0.39, 0.29) is 11.8 Å². The lowest BCUT2D eigenvalue weighted by molar-refractivity contribution is -0.138. The van der Waals surface area contributed by atoms with Crippen LogP contribution in [0.4, 0.5) is 16.8 Å². The van der Waals surface area contributed by atoms with Crippen LogP contribution in [0.25, 0.3) is 10.4 Å². The zero-order chi connectivity index (χ0) is 23.8. The summed E-state index contributed by atoms with van der Waals surface area (Å²) in [5, 5.41) is 10.0. The van der Waals surface area contributed by atoms with Gasteiger partial charge in [0.2, 0.25) is 11.8 Å². The molecule has 0 saturated carbocycles. The van der Waals surface area contributed by atoms with Gasteiger partial charge in [-0.2, -0.15) is 0 Å². The highest BCUT2D eigenvalue weighted by atomic mass is 32.1. The molecule has 0 spiro atoms. The topological polar surface area (TPSA) is 112 Å². The smallest absolute Gasteiger partial charge is 0.242 e. The molecule has 0 aliphatic rings. The van der Waals surface area contributed by atoms with Crippen molar-refractivity contribution in [1.82, 2.24) is 25.2 Å². The van der Waals surface area contributed by atoms with Crippen LogP contribution >= 0.6 is 11.3 Å². The number of nitrogens with zero attached hydrogens (tertiary/aromatic N) is 4. The van der Waals surface area contributed by atoms with Gasteiger partial charge in [0, 0.05) is 38.8 Å². The molecule has 174 valence electrons. The van der Waals surface area contributed by atoms with E-state index in [0.29, 0.717) is 37.0 Å². The number of hydrogen-bond donors (Lipinski definition) is 3. The van der Waals surface area contributed by atoms with E-state index in [1.54, 1.807) is 38.3 Å². The maximum atomic E-state index is 12.3. The first-order chi connectivity index (χ1) is 15.9. The van der Waals surface area contributed by atoms with E-state index in [4.69, 9.17) is 0 Å². The molecule has 0 aliphatic heterocycles. The molecule has 0 bridgehead atoms. The third-order valence-corrected chi connectivity index (χ3v) is 5.99. The zero-order valence-electron chi connectivity index (χ0n) is 19.3. The minimum atomic E-state index is -0.520. The SMILES string of the molecule is CCC(=O)N(C)[C@@H](C)C(=O)NCCNc1cc(Nc2ncc(-c3ccccc3)s2)nc(C)n1. The standard InChI is InChI=1S/C23H29N7O2S/c1-5-21(31)30(4)15(2)22(32)25-12-11-24-19-13-20(28-16(3)27-19)29-23-26-14-18(33-23)17-9-7-6-8-10-17/h6-10,13-15H,5,11-12H2,1-4H3,(H,25,32)(H2,24,26,27,28,29)/t15-/m0/s1. The number of aryl methyl sites for hydroxylation is 1. The number of thiazole rings is 1. The number of carbonyl (C=O) groups excluding carboxylic acids is 2. The van der Waals surface area contributed by atoms with Gasteiger partial charge in [-0.05, 0) is 19.4 Å². The Labute approximate surface area is 197 Å². The molecule has 9 nitrogen and oxygen atoms in total. The predicted octanol–water partition coefficient (Wildman–Crippen LogP) is 3.44. The molecule has 3 N–H and O–H groups in total. The van der Waals surface area contributed by atoms with Crippen LogP contribution in [0.3, 0.4) is 0 Å². The van der Waals surface area contributed by atoms with Crippen LogP contribution in [0, 0.1) is 6.92 Å². The number of likely N-dealkylation sites (N-methyl/N-ethyl adjacent to an activating group) is 1. The third kappa shape index (κ3) is 6.72. The number of amides is 2. The lowest BCUT2D eigenvalue weighted by atomic mass is 10.2.